The maximum atomic E-state index is 8.49. The molecule has 82 valence electrons. The Bertz CT molecular complexity index is 438. The highest BCUT2D eigenvalue weighted by Crippen LogP contribution is 2.47. The molecule has 0 aliphatic rings. The molecule has 0 amide bonds. The van der Waals surface area contributed by atoms with Gasteiger partial charge in [-0.3, -0.25) is 10.6 Å². The number of hydrogen-bond acceptors (Lipinski definition) is 4. The monoisotopic (exact) mass is 294 g/mol. The maximum absolute atomic E-state index is 8.49. The van der Waals surface area contributed by atoms with Gasteiger partial charge < -0.3 is 0 Å². The average Bonchev–Trinajstić information content (AvgIpc) is 2.28. The van der Waals surface area contributed by atoms with E-state index in [2.05, 4.69) is 10.6 Å². The van der Waals surface area contributed by atoms with E-state index in [9.17, 15) is 0 Å². The number of nitriles is 2. The molecule has 1 aromatic rings. The van der Waals surface area contributed by atoms with Crippen LogP contribution in [0.3, 0.4) is 0 Å². The zero-order chi connectivity index (χ0) is 12.3. The highest BCUT2D eigenvalue weighted by atomic mass is 35.5. The summed E-state index contributed by atoms with van der Waals surface area (Å²) < 4.78 is 0. The second-order valence-electron chi connectivity index (χ2n) is 2.48. The van der Waals surface area contributed by atoms with Gasteiger partial charge in [0.1, 0.15) is 0 Å². The predicted molar refractivity (Wildman–Crippen MR) is 65.0 cm³/mol. The number of nitrogens with zero attached hydrogens (tertiary/aromatic N) is 2. The molecule has 0 fully saturated rings. The molecule has 0 aliphatic carbocycles. The van der Waals surface area contributed by atoms with Crippen LogP contribution < -0.4 is 10.6 Å². The molecule has 0 spiro atoms. The van der Waals surface area contributed by atoms with Crippen LogP contribution in [0, 0.1) is 22.9 Å². The third-order valence-corrected chi connectivity index (χ3v) is 3.33. The lowest BCUT2D eigenvalue weighted by molar-refractivity contribution is 1.45. The molecule has 0 saturated carbocycles. The van der Waals surface area contributed by atoms with Gasteiger partial charge in [-0.2, -0.15) is 10.5 Å². The minimum atomic E-state index is 0.00960. The van der Waals surface area contributed by atoms with Crippen molar-refractivity contribution >= 4 is 57.8 Å². The predicted octanol–water partition coefficient (Wildman–Crippen LogP) is 4.09. The zero-order valence-electron chi connectivity index (χ0n) is 7.41. The van der Waals surface area contributed by atoms with Crippen LogP contribution in [0.1, 0.15) is 0 Å². The second-order valence-corrected chi connectivity index (χ2v) is 3.99. The van der Waals surface area contributed by atoms with Crippen LogP contribution in [0.15, 0.2) is 0 Å². The third kappa shape index (κ3) is 2.21. The highest BCUT2D eigenvalue weighted by molar-refractivity contribution is 6.52. The molecule has 2 N–H and O–H groups in total. The van der Waals surface area contributed by atoms with Crippen LogP contribution >= 0.6 is 46.4 Å². The molecule has 16 heavy (non-hydrogen) atoms. The molecule has 0 saturated heterocycles. The fraction of sp³-hybridized carbons (Fsp3) is 0. The molecule has 0 atom stereocenters. The Kier molecular flexibility index (Phi) is 4.35. The van der Waals surface area contributed by atoms with Gasteiger partial charge in [0, 0.05) is 0 Å². The topological polar surface area (TPSA) is 71.6 Å². The van der Waals surface area contributed by atoms with Gasteiger partial charge in [0.2, 0.25) is 0 Å². The quantitative estimate of drug-likeness (QED) is 0.490. The number of halogens is 4. The van der Waals surface area contributed by atoms with Crippen LogP contribution in [0.5, 0.6) is 0 Å². The summed E-state index contributed by atoms with van der Waals surface area (Å²) in [5, 5.41) is 21.5. The van der Waals surface area contributed by atoms with E-state index < -0.39 is 0 Å². The third-order valence-electron chi connectivity index (χ3n) is 1.63. The molecule has 0 aromatic heterocycles. The molecule has 8 heteroatoms. The van der Waals surface area contributed by atoms with Crippen LogP contribution in [0.2, 0.25) is 20.1 Å². The molecular formula is C8H2Cl4N4. The molecule has 0 radical (unpaired) electrons. The van der Waals surface area contributed by atoms with Gasteiger partial charge >= 0.3 is 0 Å². The van der Waals surface area contributed by atoms with E-state index in [1.807, 2.05) is 0 Å². The van der Waals surface area contributed by atoms with E-state index in [4.69, 9.17) is 56.9 Å². The number of hydrogen-bond donors (Lipinski definition) is 2. The number of nitrogens with one attached hydrogen (secondary N) is 2. The smallest absolute Gasteiger partial charge is 0.181 e. The van der Waals surface area contributed by atoms with Crippen molar-refractivity contribution in [2.45, 2.75) is 0 Å². The lowest BCUT2D eigenvalue weighted by Crippen LogP contribution is -1.97. The van der Waals surface area contributed by atoms with E-state index in [-0.39, 0.29) is 31.5 Å². The van der Waals surface area contributed by atoms with Crippen molar-refractivity contribution in [2.75, 3.05) is 10.6 Å². The zero-order valence-corrected chi connectivity index (χ0v) is 10.4. The van der Waals surface area contributed by atoms with Crippen molar-refractivity contribution in [1.29, 1.82) is 10.5 Å². The first-order valence-electron chi connectivity index (χ1n) is 3.70. The lowest BCUT2D eigenvalue weighted by Gasteiger charge is -2.12. The summed E-state index contributed by atoms with van der Waals surface area (Å²) in [6, 6.07) is 0. The summed E-state index contributed by atoms with van der Waals surface area (Å²) in [5.41, 5.74) is 0.202. The van der Waals surface area contributed by atoms with Gasteiger partial charge in [-0.15, -0.1) is 0 Å². The summed E-state index contributed by atoms with van der Waals surface area (Å²) in [7, 11) is 0. The molecule has 1 rings (SSSR count). The molecule has 4 nitrogen and oxygen atoms in total. The SMILES string of the molecule is N#CNc1c(Cl)c(Cl)c(NC#N)c(Cl)c1Cl. The number of anilines is 2. The molecule has 1 aromatic carbocycles. The van der Waals surface area contributed by atoms with Gasteiger partial charge in [0.15, 0.2) is 12.4 Å². The molecule has 0 unspecified atom stereocenters. The molecule has 0 bridgehead atoms. The van der Waals surface area contributed by atoms with E-state index in [0.717, 1.165) is 0 Å². The summed E-state index contributed by atoms with van der Waals surface area (Å²) in [6.45, 7) is 0. The van der Waals surface area contributed by atoms with E-state index >= 15 is 0 Å². The van der Waals surface area contributed by atoms with Crippen molar-refractivity contribution in [3.05, 3.63) is 20.1 Å². The highest BCUT2D eigenvalue weighted by Gasteiger charge is 2.20. The first-order chi connectivity index (χ1) is 7.54. The normalized spacial score (nSPS) is 9.12. The van der Waals surface area contributed by atoms with E-state index in [0.29, 0.717) is 0 Å². The largest absolute Gasteiger partial charge is 0.290 e. The van der Waals surface area contributed by atoms with E-state index in [1.165, 1.54) is 0 Å². The Morgan fingerprint density at radius 2 is 0.938 bits per heavy atom. The first kappa shape index (κ1) is 13.0. The number of benzene rings is 1. The Morgan fingerprint density at radius 1 is 0.688 bits per heavy atom. The van der Waals surface area contributed by atoms with Crippen LogP contribution in [-0.4, -0.2) is 0 Å². The Balaban J connectivity index is 3.52. The fourth-order valence-electron chi connectivity index (χ4n) is 0.963. The van der Waals surface area contributed by atoms with Gasteiger partial charge in [-0.05, 0) is 0 Å². The Labute approximate surface area is 111 Å². The summed E-state index contributed by atoms with van der Waals surface area (Å²) in [5.74, 6) is 0. The van der Waals surface area contributed by atoms with Crippen molar-refractivity contribution in [3.63, 3.8) is 0 Å². The second kappa shape index (κ2) is 5.34. The van der Waals surface area contributed by atoms with Crippen molar-refractivity contribution in [2.24, 2.45) is 0 Å². The Hall–Kier alpha value is -1.04. The van der Waals surface area contributed by atoms with Crippen LogP contribution in [-0.2, 0) is 0 Å². The van der Waals surface area contributed by atoms with Crippen molar-refractivity contribution in [3.8, 4) is 12.4 Å². The molecule has 0 heterocycles. The van der Waals surface area contributed by atoms with Gasteiger partial charge in [-0.25, -0.2) is 0 Å². The standard InChI is InChI=1S/C8H2Cl4N4/c9-3-5(11)8(16-2-14)6(12)4(10)7(3)15-1-13/h15-16H. The van der Waals surface area contributed by atoms with Gasteiger partial charge in [0.25, 0.3) is 0 Å². The van der Waals surface area contributed by atoms with E-state index in [1.54, 1.807) is 12.4 Å². The minimum absolute atomic E-state index is 0.00960. The number of rotatable bonds is 2. The molecular weight excluding hydrogens is 294 g/mol. The van der Waals surface area contributed by atoms with Crippen molar-refractivity contribution in [1.82, 2.24) is 0 Å². The van der Waals surface area contributed by atoms with Crippen molar-refractivity contribution < 1.29 is 0 Å². The Morgan fingerprint density at radius 3 is 1.12 bits per heavy atom. The summed E-state index contributed by atoms with van der Waals surface area (Å²) in [4.78, 5) is 0. The summed E-state index contributed by atoms with van der Waals surface area (Å²) >= 11 is 23.4. The van der Waals surface area contributed by atoms with Gasteiger partial charge in [0.05, 0.1) is 31.5 Å². The van der Waals surface area contributed by atoms with Gasteiger partial charge in [-0.1, -0.05) is 46.4 Å². The minimum Gasteiger partial charge on any atom is -0.290 e. The first-order valence-corrected chi connectivity index (χ1v) is 5.22. The maximum Gasteiger partial charge on any atom is 0.181 e. The fourth-order valence-corrected chi connectivity index (χ4v) is 2.00. The average molecular weight is 296 g/mol. The summed E-state index contributed by atoms with van der Waals surface area (Å²) in [6.07, 6.45) is 3.30. The molecule has 0 aliphatic heterocycles. The van der Waals surface area contributed by atoms with Crippen LogP contribution in [0.4, 0.5) is 11.4 Å². The lowest BCUT2D eigenvalue weighted by atomic mass is 10.2. The van der Waals surface area contributed by atoms with Crippen LogP contribution in [0.25, 0.3) is 0 Å².